The van der Waals surface area contributed by atoms with Crippen LogP contribution in [-0.4, -0.2) is 12.8 Å². The third-order valence-corrected chi connectivity index (χ3v) is 11.9. The maximum atomic E-state index is 12.5. The predicted octanol–water partition coefficient (Wildman–Crippen LogP) is 4.02. The van der Waals surface area contributed by atoms with Crippen LogP contribution in [0.3, 0.4) is 0 Å². The third-order valence-electron chi connectivity index (χ3n) is 7.34. The van der Waals surface area contributed by atoms with Crippen LogP contribution in [0.25, 0.3) is 22.3 Å². The first-order valence-corrected chi connectivity index (χ1v) is 15.4. The van der Waals surface area contributed by atoms with Gasteiger partial charge in [-0.05, 0) is 59.7 Å². The van der Waals surface area contributed by atoms with Gasteiger partial charge in [0.25, 0.3) is 0 Å². The van der Waals surface area contributed by atoms with E-state index in [4.69, 9.17) is 4.74 Å². The lowest BCUT2D eigenvalue weighted by Gasteiger charge is -2.27. The van der Waals surface area contributed by atoms with E-state index in [-0.39, 0.29) is 22.4 Å². The molecule has 0 saturated carbocycles. The van der Waals surface area contributed by atoms with Crippen LogP contribution >= 0.6 is 7.26 Å². The van der Waals surface area contributed by atoms with Crippen molar-refractivity contribution in [3.05, 3.63) is 156 Å². The number of halogens is 1. The number of benzene rings is 5. The van der Waals surface area contributed by atoms with Crippen LogP contribution in [0.1, 0.15) is 6.42 Å². The first-order valence-electron chi connectivity index (χ1n) is 13.4. The van der Waals surface area contributed by atoms with Crippen molar-refractivity contribution in [2.45, 2.75) is 6.42 Å². The molecule has 0 heterocycles. The lowest BCUT2D eigenvalue weighted by Crippen LogP contribution is -3.00. The van der Waals surface area contributed by atoms with E-state index in [1.165, 1.54) is 15.9 Å². The minimum Gasteiger partial charge on any atom is -1.00 e. The lowest BCUT2D eigenvalue weighted by atomic mass is 10.1. The highest BCUT2D eigenvalue weighted by atomic mass is 79.9. The quantitative estimate of drug-likeness (QED) is 0.174. The molecule has 0 aliphatic heterocycles. The van der Waals surface area contributed by atoms with Crippen LogP contribution in [0.4, 0.5) is 0 Å². The lowest BCUT2D eigenvalue weighted by molar-refractivity contribution is -0.00000793. The zero-order valence-corrected chi connectivity index (χ0v) is 24.6. The zero-order chi connectivity index (χ0) is 26.5. The summed E-state index contributed by atoms with van der Waals surface area (Å²) in [5.41, 5.74) is 3.72. The Morgan fingerprint density at radius 3 is 1.35 bits per heavy atom. The molecule has 0 amide bonds. The minimum atomic E-state index is -1.85. The first-order chi connectivity index (χ1) is 19.3. The van der Waals surface area contributed by atoms with Gasteiger partial charge >= 0.3 is 0 Å². The number of rotatable bonds is 10. The summed E-state index contributed by atoms with van der Waals surface area (Å²) >= 11 is 0. The van der Waals surface area contributed by atoms with E-state index in [1.807, 2.05) is 54.6 Å². The number of hydrogen-bond donors (Lipinski definition) is 0. The summed E-state index contributed by atoms with van der Waals surface area (Å²) in [5, 5.41) is 4.18. The Morgan fingerprint density at radius 2 is 0.900 bits per heavy atom. The van der Waals surface area contributed by atoms with Crippen molar-refractivity contribution in [1.29, 1.82) is 0 Å². The maximum absolute atomic E-state index is 12.5. The van der Waals surface area contributed by atoms with Gasteiger partial charge < -0.3 is 21.7 Å². The maximum Gasteiger partial charge on any atom is 0.195 e. The fourth-order valence-electron chi connectivity index (χ4n) is 5.42. The standard InChI is InChI=1S/C36H30O2P.BrH/c37-36-34(28-14-5-1-6-15-28)35(36)29-22-24-30(25-23-29)38-26-13-27-39(31-16-7-2-8-17-31,32-18-9-3-10-19-32)33-20-11-4-12-21-33;/h1-12,14-25H,13,26-27H2;1H/q+1;/p-1. The molecule has 0 fully saturated rings. The van der Waals surface area contributed by atoms with Gasteiger partial charge in [-0.25, -0.2) is 0 Å². The van der Waals surface area contributed by atoms with Gasteiger partial charge in [0.15, 0.2) is 5.43 Å². The highest BCUT2D eigenvalue weighted by molar-refractivity contribution is 7.95. The molecule has 0 radical (unpaired) electrons. The molecule has 198 valence electrons. The Balaban J connectivity index is 0.00000323. The molecule has 0 unspecified atom stereocenters. The van der Waals surface area contributed by atoms with Gasteiger partial charge in [0.2, 0.25) is 0 Å². The first kappa shape index (κ1) is 27.8. The van der Waals surface area contributed by atoms with Crippen LogP contribution < -0.4 is 43.1 Å². The average molecular weight is 606 g/mol. The van der Waals surface area contributed by atoms with E-state index in [1.54, 1.807) is 0 Å². The molecule has 0 aliphatic carbocycles. The van der Waals surface area contributed by atoms with Gasteiger partial charge in [0.1, 0.15) is 28.9 Å². The van der Waals surface area contributed by atoms with Crippen molar-refractivity contribution < 1.29 is 21.7 Å². The van der Waals surface area contributed by atoms with Crippen LogP contribution in [-0.2, 0) is 0 Å². The summed E-state index contributed by atoms with van der Waals surface area (Å²) in [7, 11) is -1.85. The van der Waals surface area contributed by atoms with E-state index in [2.05, 4.69) is 91.0 Å². The van der Waals surface area contributed by atoms with Gasteiger partial charge in [-0.15, -0.1) is 0 Å². The fourth-order valence-corrected chi connectivity index (χ4v) is 9.73. The molecule has 0 saturated heterocycles. The summed E-state index contributed by atoms with van der Waals surface area (Å²) in [6, 6.07) is 50.7. The molecule has 2 nitrogen and oxygen atoms in total. The molecule has 6 aromatic rings. The smallest absolute Gasteiger partial charge is 0.195 e. The second-order valence-electron chi connectivity index (χ2n) is 9.71. The van der Waals surface area contributed by atoms with E-state index < -0.39 is 7.26 Å². The van der Waals surface area contributed by atoms with Crippen molar-refractivity contribution in [3.8, 4) is 28.0 Å². The summed E-state index contributed by atoms with van der Waals surface area (Å²) < 4.78 is 6.22. The molecule has 0 N–H and O–H groups in total. The molecule has 0 spiro atoms. The van der Waals surface area contributed by atoms with Gasteiger partial charge in [0.05, 0.1) is 12.8 Å². The summed E-state index contributed by atoms with van der Waals surface area (Å²) in [6.07, 6.45) is 1.95. The predicted molar refractivity (Wildman–Crippen MR) is 166 cm³/mol. The van der Waals surface area contributed by atoms with Crippen LogP contribution in [0, 0.1) is 0 Å². The monoisotopic (exact) mass is 604 g/mol. The van der Waals surface area contributed by atoms with Crippen molar-refractivity contribution in [2.75, 3.05) is 12.8 Å². The number of hydrogen-bond acceptors (Lipinski definition) is 2. The highest BCUT2D eigenvalue weighted by Crippen LogP contribution is 2.55. The van der Waals surface area contributed by atoms with Crippen LogP contribution in [0.15, 0.2) is 150 Å². The van der Waals surface area contributed by atoms with E-state index >= 15 is 0 Å². The molecular weight excluding hydrogens is 575 g/mol. The second-order valence-corrected chi connectivity index (χ2v) is 13.3. The van der Waals surface area contributed by atoms with Crippen LogP contribution in [0.5, 0.6) is 5.75 Å². The second kappa shape index (κ2) is 12.6. The SMILES string of the molecule is O=c1c(-c2ccccc2)c1-c1ccc(OCCC[P+](c2ccccc2)(c2ccccc2)c2ccccc2)cc1.[Br-]. The van der Waals surface area contributed by atoms with Crippen LogP contribution in [0.2, 0.25) is 0 Å². The van der Waals surface area contributed by atoms with Crippen molar-refractivity contribution in [2.24, 2.45) is 0 Å². The van der Waals surface area contributed by atoms with Gasteiger partial charge in [0, 0.05) is 17.5 Å². The average Bonchev–Trinajstić information content (AvgIpc) is 3.70. The number of ether oxygens (including phenoxy) is 1. The molecule has 4 heteroatoms. The highest BCUT2D eigenvalue weighted by Gasteiger charge is 2.44. The fraction of sp³-hybridized carbons (Fsp3) is 0.0833. The molecule has 0 aromatic heterocycles. The largest absolute Gasteiger partial charge is 1.00 e. The van der Waals surface area contributed by atoms with E-state index in [9.17, 15) is 4.79 Å². The Hall–Kier alpha value is -3.78. The molecule has 40 heavy (non-hydrogen) atoms. The Bertz CT molecular complexity index is 1540. The molecule has 0 bridgehead atoms. The third kappa shape index (κ3) is 5.59. The zero-order valence-electron chi connectivity index (χ0n) is 22.1. The van der Waals surface area contributed by atoms with E-state index in [0.717, 1.165) is 40.6 Å². The topological polar surface area (TPSA) is 26.3 Å². The molecular formula is C36H30BrO2P. The molecule has 0 atom stereocenters. The van der Waals surface area contributed by atoms with Gasteiger partial charge in [-0.2, -0.15) is 0 Å². The summed E-state index contributed by atoms with van der Waals surface area (Å²) in [6.45, 7) is 0.629. The molecule has 6 rings (SSSR count). The summed E-state index contributed by atoms with van der Waals surface area (Å²) in [4.78, 5) is 12.5. The van der Waals surface area contributed by atoms with Crippen molar-refractivity contribution in [1.82, 2.24) is 0 Å². The van der Waals surface area contributed by atoms with Crippen molar-refractivity contribution >= 4 is 23.2 Å². The Kier molecular flexibility index (Phi) is 8.75. The van der Waals surface area contributed by atoms with Gasteiger partial charge in [-0.3, -0.25) is 4.79 Å². The minimum absolute atomic E-state index is 0. The van der Waals surface area contributed by atoms with Crippen molar-refractivity contribution in [3.63, 3.8) is 0 Å². The molecule has 0 aliphatic rings. The Labute approximate surface area is 247 Å². The Morgan fingerprint density at radius 1 is 0.500 bits per heavy atom. The van der Waals surface area contributed by atoms with E-state index in [0.29, 0.717) is 6.61 Å². The summed E-state index contributed by atoms with van der Waals surface area (Å²) in [5.74, 6) is 0.830. The normalized spacial score (nSPS) is 11.2. The van der Waals surface area contributed by atoms with Gasteiger partial charge in [-0.1, -0.05) is 97.1 Å². The molecule has 6 aromatic carbocycles.